The minimum absolute atomic E-state index is 0.705. The Morgan fingerprint density at radius 1 is 0.279 bits per heavy atom. The maximum atomic E-state index is 5.18. The SMILES string of the molecule is c1ccc(-c2nc(-c3ccc(-c4ccc5sc6ccccc6c5c4)cc3)cc(-c3ccc(-c4c5ccccc5c(-c5ccccc5)c5c4ccc4ccccc45)cc3)n2)cc1. The average Bonchev–Trinajstić information content (AvgIpc) is 3.72. The van der Waals surface area contributed by atoms with Crippen molar-refractivity contribution < 1.29 is 0 Å². The van der Waals surface area contributed by atoms with Crippen LogP contribution in [0.3, 0.4) is 0 Å². The summed E-state index contributed by atoms with van der Waals surface area (Å²) < 4.78 is 2.63. The van der Waals surface area contributed by atoms with Crippen LogP contribution in [0.25, 0.3) is 120 Å². The zero-order valence-corrected chi connectivity index (χ0v) is 33.9. The molecule has 0 saturated heterocycles. The van der Waals surface area contributed by atoms with Gasteiger partial charge in [-0.3, -0.25) is 0 Å². The van der Waals surface area contributed by atoms with Crippen molar-refractivity contribution >= 4 is 63.8 Å². The summed E-state index contributed by atoms with van der Waals surface area (Å²) in [5, 5.41) is 10.1. The summed E-state index contributed by atoms with van der Waals surface area (Å²) in [6, 6.07) is 78.7. The molecule has 0 spiro atoms. The lowest BCUT2D eigenvalue weighted by Crippen LogP contribution is -1.96. The Hall–Kier alpha value is -7.72. The van der Waals surface area contributed by atoms with Crippen LogP contribution >= 0.6 is 11.3 Å². The van der Waals surface area contributed by atoms with Gasteiger partial charge in [-0.2, -0.15) is 0 Å². The van der Waals surface area contributed by atoms with E-state index < -0.39 is 0 Å². The van der Waals surface area contributed by atoms with E-state index in [-0.39, 0.29) is 0 Å². The number of benzene rings is 10. The largest absolute Gasteiger partial charge is 0.228 e. The Morgan fingerprint density at radius 2 is 0.787 bits per heavy atom. The minimum atomic E-state index is 0.705. The molecule has 0 atom stereocenters. The number of nitrogens with zero attached hydrogens (tertiary/aromatic N) is 2. The fourth-order valence-corrected chi connectivity index (χ4v) is 10.3. The molecule has 0 saturated carbocycles. The Morgan fingerprint density at radius 3 is 1.49 bits per heavy atom. The van der Waals surface area contributed by atoms with Crippen molar-refractivity contribution in [1.82, 2.24) is 9.97 Å². The van der Waals surface area contributed by atoms with Crippen molar-refractivity contribution in [2.45, 2.75) is 0 Å². The quantitative estimate of drug-likeness (QED) is 0.124. The summed E-state index contributed by atoms with van der Waals surface area (Å²) in [6.45, 7) is 0. The highest BCUT2D eigenvalue weighted by Gasteiger charge is 2.19. The Balaban J connectivity index is 0.972. The first-order valence-corrected chi connectivity index (χ1v) is 21.5. The van der Waals surface area contributed by atoms with Gasteiger partial charge in [0, 0.05) is 36.9 Å². The van der Waals surface area contributed by atoms with E-state index >= 15 is 0 Å². The van der Waals surface area contributed by atoms with E-state index in [0.29, 0.717) is 5.82 Å². The first-order valence-electron chi connectivity index (χ1n) is 20.7. The molecule has 0 aliphatic rings. The summed E-state index contributed by atoms with van der Waals surface area (Å²) in [5.41, 5.74) is 12.1. The van der Waals surface area contributed by atoms with Crippen molar-refractivity contribution in [3.8, 4) is 67.3 Å². The molecular formula is C58H36N2S. The molecule has 61 heavy (non-hydrogen) atoms. The van der Waals surface area contributed by atoms with E-state index in [1.807, 2.05) is 29.5 Å². The number of rotatable bonds is 6. The lowest BCUT2D eigenvalue weighted by atomic mass is 9.84. The smallest absolute Gasteiger partial charge is 0.160 e. The second-order valence-corrected chi connectivity index (χ2v) is 16.7. The van der Waals surface area contributed by atoms with Gasteiger partial charge in [0.1, 0.15) is 0 Å². The number of hydrogen-bond donors (Lipinski definition) is 0. The molecule has 0 aliphatic carbocycles. The van der Waals surface area contributed by atoms with E-state index in [0.717, 1.165) is 28.1 Å². The van der Waals surface area contributed by atoms with E-state index in [2.05, 4.69) is 200 Å². The molecule has 0 N–H and O–H groups in total. The molecule has 12 rings (SSSR count). The van der Waals surface area contributed by atoms with Crippen molar-refractivity contribution in [2.24, 2.45) is 0 Å². The van der Waals surface area contributed by atoms with E-state index in [4.69, 9.17) is 9.97 Å². The van der Waals surface area contributed by atoms with Crippen LogP contribution in [-0.2, 0) is 0 Å². The van der Waals surface area contributed by atoms with Gasteiger partial charge in [0.15, 0.2) is 5.82 Å². The molecular weight excluding hydrogens is 757 g/mol. The van der Waals surface area contributed by atoms with Crippen LogP contribution in [0, 0.1) is 0 Å². The van der Waals surface area contributed by atoms with Crippen molar-refractivity contribution in [3.63, 3.8) is 0 Å². The summed E-state index contributed by atoms with van der Waals surface area (Å²) in [6.07, 6.45) is 0. The molecule has 2 aromatic heterocycles. The van der Waals surface area contributed by atoms with Crippen molar-refractivity contribution in [2.75, 3.05) is 0 Å². The normalized spacial score (nSPS) is 11.6. The van der Waals surface area contributed by atoms with Gasteiger partial charge < -0.3 is 0 Å². The van der Waals surface area contributed by atoms with Gasteiger partial charge in [0.25, 0.3) is 0 Å². The maximum Gasteiger partial charge on any atom is 0.160 e. The third-order valence-electron chi connectivity index (χ3n) is 12.1. The molecule has 2 nitrogen and oxygen atoms in total. The highest BCUT2D eigenvalue weighted by molar-refractivity contribution is 7.25. The average molecular weight is 793 g/mol. The van der Waals surface area contributed by atoms with Gasteiger partial charge in [0.2, 0.25) is 0 Å². The molecule has 2 heterocycles. The van der Waals surface area contributed by atoms with Crippen LogP contribution in [0.1, 0.15) is 0 Å². The molecule has 0 aliphatic heterocycles. The summed E-state index contributed by atoms with van der Waals surface area (Å²) in [5.74, 6) is 0.705. The van der Waals surface area contributed by atoms with Crippen molar-refractivity contribution in [3.05, 3.63) is 218 Å². The zero-order valence-electron chi connectivity index (χ0n) is 33.1. The van der Waals surface area contributed by atoms with Gasteiger partial charge in [-0.05, 0) is 90.0 Å². The molecule has 0 radical (unpaired) electrons. The highest BCUT2D eigenvalue weighted by atomic mass is 32.1. The highest BCUT2D eigenvalue weighted by Crippen LogP contribution is 2.46. The van der Waals surface area contributed by atoms with Crippen LogP contribution < -0.4 is 0 Å². The van der Waals surface area contributed by atoms with Crippen LogP contribution in [0.4, 0.5) is 0 Å². The van der Waals surface area contributed by atoms with E-state index in [9.17, 15) is 0 Å². The Labute approximate surface area is 357 Å². The molecule has 0 unspecified atom stereocenters. The topological polar surface area (TPSA) is 25.8 Å². The molecule has 0 fully saturated rings. The molecule has 12 aromatic rings. The molecule has 3 heteroatoms. The van der Waals surface area contributed by atoms with Gasteiger partial charge in [-0.25, -0.2) is 9.97 Å². The fourth-order valence-electron chi connectivity index (χ4n) is 9.17. The molecule has 0 amide bonds. The predicted octanol–water partition coefficient (Wildman–Crippen LogP) is 16.3. The van der Waals surface area contributed by atoms with Crippen molar-refractivity contribution in [1.29, 1.82) is 0 Å². The first kappa shape index (κ1) is 35.2. The lowest BCUT2D eigenvalue weighted by Gasteiger charge is -2.19. The predicted molar refractivity (Wildman–Crippen MR) is 260 cm³/mol. The summed E-state index contributed by atoms with van der Waals surface area (Å²) in [4.78, 5) is 10.3. The second-order valence-electron chi connectivity index (χ2n) is 15.7. The standard InChI is InChI=1S/C58H36N2S/c1-3-14-41(15-4-1)56-48-21-10-9-20-47(48)55(49-33-31-38-13-7-8-18-45(38)57(49)56)42-29-27-40(28-30-42)52-36-51(59-58(60-52)43-16-5-2-6-17-43)39-25-23-37(24-26-39)44-32-34-54-50(35-44)46-19-11-12-22-53(46)61-54/h1-36H. The molecule has 284 valence electrons. The maximum absolute atomic E-state index is 5.18. The number of hydrogen-bond acceptors (Lipinski definition) is 3. The van der Waals surface area contributed by atoms with Crippen LogP contribution in [-0.4, -0.2) is 9.97 Å². The number of fused-ring (bicyclic) bond motifs is 7. The Bertz CT molecular complexity index is 3610. The number of aromatic nitrogens is 2. The number of thiophene rings is 1. The van der Waals surface area contributed by atoms with Gasteiger partial charge >= 0.3 is 0 Å². The first-order chi connectivity index (χ1) is 30.2. The Kier molecular flexibility index (Phi) is 8.39. The van der Waals surface area contributed by atoms with Gasteiger partial charge in [-0.1, -0.05) is 194 Å². The third-order valence-corrected chi connectivity index (χ3v) is 13.2. The third kappa shape index (κ3) is 6.09. The van der Waals surface area contributed by atoms with E-state index in [1.165, 1.54) is 85.9 Å². The lowest BCUT2D eigenvalue weighted by molar-refractivity contribution is 1.18. The van der Waals surface area contributed by atoms with Gasteiger partial charge in [0.05, 0.1) is 11.4 Å². The summed E-state index contributed by atoms with van der Waals surface area (Å²) >= 11 is 1.85. The monoisotopic (exact) mass is 792 g/mol. The van der Waals surface area contributed by atoms with Gasteiger partial charge in [-0.15, -0.1) is 11.3 Å². The summed E-state index contributed by atoms with van der Waals surface area (Å²) in [7, 11) is 0. The minimum Gasteiger partial charge on any atom is -0.228 e. The van der Waals surface area contributed by atoms with Crippen LogP contribution in [0.15, 0.2) is 218 Å². The second kappa shape index (κ2) is 14.5. The zero-order chi connectivity index (χ0) is 40.3. The van der Waals surface area contributed by atoms with Crippen LogP contribution in [0.2, 0.25) is 0 Å². The molecule has 10 aromatic carbocycles. The molecule has 0 bridgehead atoms. The fraction of sp³-hybridized carbons (Fsp3) is 0. The van der Waals surface area contributed by atoms with Crippen LogP contribution in [0.5, 0.6) is 0 Å². The van der Waals surface area contributed by atoms with E-state index in [1.54, 1.807) is 0 Å².